The second kappa shape index (κ2) is 4.75. The van der Waals surface area contributed by atoms with Gasteiger partial charge < -0.3 is 14.7 Å². The molecule has 5 nitrogen and oxygen atoms in total. The van der Waals surface area contributed by atoms with Crippen molar-refractivity contribution >= 4 is 11.9 Å². The number of amides is 1. The third-order valence-electron chi connectivity index (χ3n) is 2.53. The van der Waals surface area contributed by atoms with E-state index in [0.717, 1.165) is 0 Å². The molecule has 1 amide bonds. The minimum absolute atomic E-state index is 0.0957. The summed E-state index contributed by atoms with van der Waals surface area (Å²) in [5, 5.41) is 8.88. The number of alkyl halides is 3. The Morgan fingerprint density at radius 3 is 2.39 bits per heavy atom. The molecule has 1 N–H and O–H groups in total. The SMILES string of the molecule is CC1(C)COCC(C(=O)O)N(C(=O)C(F)(F)F)C1. The molecular weight excluding hydrogens is 255 g/mol. The van der Waals surface area contributed by atoms with E-state index < -0.39 is 36.1 Å². The molecule has 0 aliphatic carbocycles. The number of hydrogen-bond acceptors (Lipinski definition) is 3. The van der Waals surface area contributed by atoms with Gasteiger partial charge in [-0.05, 0) is 0 Å². The molecule has 1 rings (SSSR count). The van der Waals surface area contributed by atoms with Gasteiger partial charge in [0.25, 0.3) is 0 Å². The van der Waals surface area contributed by atoms with Crippen LogP contribution in [-0.2, 0) is 14.3 Å². The van der Waals surface area contributed by atoms with Gasteiger partial charge in [-0.1, -0.05) is 13.8 Å². The van der Waals surface area contributed by atoms with E-state index in [-0.39, 0.29) is 13.2 Å². The van der Waals surface area contributed by atoms with Gasteiger partial charge in [0.1, 0.15) is 0 Å². The highest BCUT2D eigenvalue weighted by molar-refractivity contribution is 5.87. The van der Waals surface area contributed by atoms with Gasteiger partial charge in [-0.25, -0.2) is 4.79 Å². The molecule has 0 bridgehead atoms. The van der Waals surface area contributed by atoms with Crippen LogP contribution in [0.25, 0.3) is 0 Å². The summed E-state index contributed by atoms with van der Waals surface area (Å²) in [6.45, 7) is 2.54. The van der Waals surface area contributed by atoms with Gasteiger partial charge in [0, 0.05) is 12.0 Å². The summed E-state index contributed by atoms with van der Waals surface area (Å²) in [6.07, 6.45) is -5.09. The highest BCUT2D eigenvalue weighted by Gasteiger charge is 2.48. The average molecular weight is 269 g/mol. The first-order chi connectivity index (χ1) is 8.04. The predicted octanol–water partition coefficient (Wildman–Crippen LogP) is 0.887. The zero-order chi connectivity index (χ0) is 14.1. The minimum atomic E-state index is -5.09. The molecule has 1 heterocycles. The Kier molecular flexibility index (Phi) is 3.89. The van der Waals surface area contributed by atoms with Crippen molar-refractivity contribution in [2.75, 3.05) is 19.8 Å². The monoisotopic (exact) mass is 269 g/mol. The molecule has 1 unspecified atom stereocenters. The van der Waals surface area contributed by atoms with E-state index in [2.05, 4.69) is 0 Å². The summed E-state index contributed by atoms with van der Waals surface area (Å²) >= 11 is 0. The summed E-state index contributed by atoms with van der Waals surface area (Å²) in [7, 11) is 0. The van der Waals surface area contributed by atoms with E-state index in [1.165, 1.54) is 0 Å². The van der Waals surface area contributed by atoms with Crippen LogP contribution in [0.3, 0.4) is 0 Å². The zero-order valence-corrected chi connectivity index (χ0v) is 9.95. The number of aliphatic carboxylic acids is 1. The molecule has 0 saturated carbocycles. The molecule has 1 atom stereocenters. The Labute approximate surface area is 102 Å². The maximum absolute atomic E-state index is 12.4. The number of carbonyl (C=O) groups excluding carboxylic acids is 1. The topological polar surface area (TPSA) is 66.8 Å². The van der Waals surface area contributed by atoms with Crippen LogP contribution in [0.4, 0.5) is 13.2 Å². The highest BCUT2D eigenvalue weighted by Crippen LogP contribution is 2.27. The number of carboxylic acid groups (broad SMARTS) is 1. The third kappa shape index (κ3) is 3.34. The van der Waals surface area contributed by atoms with E-state index in [1.54, 1.807) is 13.8 Å². The predicted molar refractivity (Wildman–Crippen MR) is 53.8 cm³/mol. The van der Waals surface area contributed by atoms with Crippen molar-refractivity contribution in [2.45, 2.75) is 26.1 Å². The molecule has 1 aliphatic heterocycles. The van der Waals surface area contributed by atoms with E-state index in [4.69, 9.17) is 9.84 Å². The number of carboxylic acids is 1. The number of hydrogen-bond donors (Lipinski definition) is 1. The maximum Gasteiger partial charge on any atom is 0.471 e. The van der Waals surface area contributed by atoms with Crippen LogP contribution in [0.2, 0.25) is 0 Å². The Morgan fingerprint density at radius 1 is 1.39 bits per heavy atom. The molecule has 0 aromatic carbocycles. The van der Waals surface area contributed by atoms with Crippen molar-refractivity contribution in [1.82, 2.24) is 4.90 Å². The van der Waals surface area contributed by atoms with Crippen LogP contribution in [0.15, 0.2) is 0 Å². The van der Waals surface area contributed by atoms with Crippen LogP contribution in [0.5, 0.6) is 0 Å². The quantitative estimate of drug-likeness (QED) is 0.767. The molecule has 18 heavy (non-hydrogen) atoms. The van der Waals surface area contributed by atoms with Gasteiger partial charge in [-0.15, -0.1) is 0 Å². The number of halogens is 3. The Morgan fingerprint density at radius 2 is 1.94 bits per heavy atom. The number of ether oxygens (including phenoxy) is 1. The van der Waals surface area contributed by atoms with Crippen LogP contribution >= 0.6 is 0 Å². The van der Waals surface area contributed by atoms with Crippen molar-refractivity contribution in [1.29, 1.82) is 0 Å². The Hall–Kier alpha value is -1.31. The molecule has 1 aliphatic rings. The largest absolute Gasteiger partial charge is 0.480 e. The molecule has 1 saturated heterocycles. The number of carbonyl (C=O) groups is 2. The molecule has 104 valence electrons. The fourth-order valence-electron chi connectivity index (χ4n) is 1.73. The van der Waals surface area contributed by atoms with Gasteiger partial charge in [0.05, 0.1) is 13.2 Å². The zero-order valence-electron chi connectivity index (χ0n) is 9.95. The lowest BCUT2D eigenvalue weighted by atomic mass is 9.94. The standard InChI is InChI=1S/C10H14F3NO4/c1-9(2)4-14(8(17)10(11,12)13)6(7(15)16)3-18-5-9/h6H,3-5H2,1-2H3,(H,15,16). The molecule has 1 fully saturated rings. The first kappa shape index (κ1) is 14.7. The smallest absolute Gasteiger partial charge is 0.471 e. The lowest BCUT2D eigenvalue weighted by molar-refractivity contribution is -0.190. The summed E-state index contributed by atoms with van der Waals surface area (Å²) in [5.74, 6) is -3.65. The summed E-state index contributed by atoms with van der Waals surface area (Å²) < 4.78 is 42.3. The lowest BCUT2D eigenvalue weighted by Crippen LogP contribution is -2.53. The maximum atomic E-state index is 12.4. The van der Waals surface area contributed by atoms with Gasteiger partial charge in [-0.3, -0.25) is 4.79 Å². The fourth-order valence-corrected chi connectivity index (χ4v) is 1.73. The summed E-state index contributed by atoms with van der Waals surface area (Å²) in [6, 6.07) is -1.61. The molecular formula is C10H14F3NO4. The van der Waals surface area contributed by atoms with E-state index in [1.807, 2.05) is 0 Å². The number of rotatable bonds is 1. The molecule has 0 aromatic rings. The van der Waals surface area contributed by atoms with Crippen molar-refractivity contribution in [2.24, 2.45) is 5.41 Å². The van der Waals surface area contributed by atoms with Crippen molar-refractivity contribution in [3.63, 3.8) is 0 Å². The van der Waals surface area contributed by atoms with Gasteiger partial charge >= 0.3 is 18.1 Å². The van der Waals surface area contributed by atoms with Gasteiger partial charge in [0.2, 0.25) is 0 Å². The van der Waals surface area contributed by atoms with Crippen LogP contribution < -0.4 is 0 Å². The normalized spacial score (nSPS) is 24.5. The lowest BCUT2D eigenvalue weighted by Gasteiger charge is -2.31. The molecule has 0 aromatic heterocycles. The van der Waals surface area contributed by atoms with Crippen LogP contribution in [0.1, 0.15) is 13.8 Å². The Balaban J connectivity index is 3.05. The second-order valence-electron chi connectivity index (χ2n) is 4.96. The van der Waals surface area contributed by atoms with E-state index >= 15 is 0 Å². The molecule has 8 heteroatoms. The number of nitrogens with zero attached hydrogens (tertiary/aromatic N) is 1. The van der Waals surface area contributed by atoms with Crippen molar-refractivity contribution < 1.29 is 32.6 Å². The summed E-state index contributed by atoms with van der Waals surface area (Å²) in [4.78, 5) is 22.5. The Bertz CT molecular complexity index is 354. The van der Waals surface area contributed by atoms with Gasteiger partial charge in [-0.2, -0.15) is 13.2 Å². The second-order valence-corrected chi connectivity index (χ2v) is 4.96. The third-order valence-corrected chi connectivity index (χ3v) is 2.53. The summed E-state index contributed by atoms with van der Waals surface area (Å²) in [5.41, 5.74) is -0.731. The average Bonchev–Trinajstić information content (AvgIpc) is 2.33. The van der Waals surface area contributed by atoms with E-state index in [9.17, 15) is 22.8 Å². The minimum Gasteiger partial charge on any atom is -0.480 e. The van der Waals surface area contributed by atoms with Crippen molar-refractivity contribution in [3.8, 4) is 0 Å². The molecule has 0 radical (unpaired) electrons. The first-order valence-electron chi connectivity index (χ1n) is 5.23. The van der Waals surface area contributed by atoms with E-state index in [0.29, 0.717) is 4.90 Å². The highest BCUT2D eigenvalue weighted by atomic mass is 19.4. The molecule has 0 spiro atoms. The fraction of sp³-hybridized carbons (Fsp3) is 0.800. The van der Waals surface area contributed by atoms with Crippen LogP contribution in [0, 0.1) is 5.41 Å². The first-order valence-corrected chi connectivity index (χ1v) is 5.23. The van der Waals surface area contributed by atoms with Crippen LogP contribution in [-0.4, -0.2) is 53.9 Å². The van der Waals surface area contributed by atoms with Crippen molar-refractivity contribution in [3.05, 3.63) is 0 Å². The van der Waals surface area contributed by atoms with Gasteiger partial charge in [0.15, 0.2) is 6.04 Å².